The summed E-state index contributed by atoms with van der Waals surface area (Å²) in [7, 11) is 0. The van der Waals surface area contributed by atoms with Crippen molar-refractivity contribution in [3.63, 3.8) is 0 Å². The lowest BCUT2D eigenvalue weighted by Gasteiger charge is -2.47. The molecule has 4 atom stereocenters. The first-order chi connectivity index (χ1) is 13.5. The Kier molecular flexibility index (Phi) is 4.06. The van der Waals surface area contributed by atoms with Gasteiger partial charge in [-0.05, 0) is 36.5 Å². The second-order valence-corrected chi connectivity index (χ2v) is 7.91. The van der Waals surface area contributed by atoms with E-state index in [-0.39, 0.29) is 34.8 Å². The van der Waals surface area contributed by atoms with Gasteiger partial charge in [-0.2, -0.15) is 0 Å². The number of hydrogen-bond donors (Lipinski definition) is 6. The van der Waals surface area contributed by atoms with Gasteiger partial charge in [0, 0.05) is 16.5 Å². The molecule has 1 aromatic carbocycles. The molecule has 9 nitrogen and oxygen atoms in total. The van der Waals surface area contributed by atoms with Crippen LogP contribution in [-0.2, 0) is 16.0 Å². The Hall–Kier alpha value is -2.88. The number of amides is 1. The number of carbonyl (C=O) groups excluding carboxylic acids is 3. The van der Waals surface area contributed by atoms with Gasteiger partial charge in [-0.3, -0.25) is 14.4 Å². The van der Waals surface area contributed by atoms with Crippen molar-refractivity contribution in [3.8, 4) is 5.75 Å². The highest BCUT2D eigenvalue weighted by Gasteiger charge is 2.62. The molecular weight excluding hydrogens is 404 g/mol. The van der Waals surface area contributed by atoms with E-state index in [0.29, 0.717) is 5.56 Å². The number of primary amides is 1. The molecule has 0 radical (unpaired) electrons. The van der Waals surface area contributed by atoms with E-state index in [1.165, 1.54) is 12.1 Å². The summed E-state index contributed by atoms with van der Waals surface area (Å²) in [4.78, 5) is 37.6. The van der Waals surface area contributed by atoms with E-state index in [9.17, 15) is 34.8 Å². The van der Waals surface area contributed by atoms with Crippen molar-refractivity contribution in [3.05, 3.63) is 50.9 Å². The van der Waals surface area contributed by atoms with E-state index >= 15 is 0 Å². The van der Waals surface area contributed by atoms with Gasteiger partial charge >= 0.3 is 0 Å². The zero-order valence-electron chi connectivity index (χ0n) is 14.8. The second-order valence-electron chi connectivity index (χ2n) is 7.50. The van der Waals surface area contributed by atoms with Gasteiger partial charge in [0.25, 0.3) is 5.91 Å². The van der Waals surface area contributed by atoms with Crippen molar-refractivity contribution in [2.24, 2.45) is 23.3 Å². The van der Waals surface area contributed by atoms with Crippen molar-refractivity contribution in [1.29, 1.82) is 0 Å². The number of phenolic OH excluding ortho intramolecular Hbond substituents is 1. The first-order valence-electron chi connectivity index (χ1n) is 8.76. The van der Waals surface area contributed by atoms with Crippen molar-refractivity contribution in [2.75, 3.05) is 0 Å². The molecule has 3 aliphatic rings. The molecule has 0 spiro atoms. The smallest absolute Gasteiger partial charge is 0.255 e. The van der Waals surface area contributed by atoms with E-state index in [2.05, 4.69) is 0 Å². The molecular formula is C19H17ClN2O7. The van der Waals surface area contributed by atoms with Gasteiger partial charge < -0.3 is 31.9 Å². The summed E-state index contributed by atoms with van der Waals surface area (Å²) in [6, 6.07) is 1.28. The van der Waals surface area contributed by atoms with Crippen molar-refractivity contribution in [2.45, 2.75) is 24.5 Å². The van der Waals surface area contributed by atoms with Gasteiger partial charge in [-0.1, -0.05) is 11.6 Å². The van der Waals surface area contributed by atoms with Gasteiger partial charge in [0.2, 0.25) is 5.78 Å². The third-order valence-electron chi connectivity index (χ3n) is 6.08. The summed E-state index contributed by atoms with van der Waals surface area (Å²) in [6.45, 7) is 0. The summed E-state index contributed by atoms with van der Waals surface area (Å²) < 4.78 is 0. The lowest BCUT2D eigenvalue weighted by Crippen LogP contribution is -2.63. The average Bonchev–Trinajstić information content (AvgIpc) is 2.65. The van der Waals surface area contributed by atoms with Crippen LogP contribution in [0.3, 0.4) is 0 Å². The number of ketones is 2. The fourth-order valence-electron chi connectivity index (χ4n) is 4.68. The van der Waals surface area contributed by atoms with E-state index in [1.54, 1.807) is 0 Å². The highest BCUT2D eigenvalue weighted by Crippen LogP contribution is 2.51. The molecule has 0 bridgehead atoms. The fourth-order valence-corrected chi connectivity index (χ4v) is 4.91. The van der Waals surface area contributed by atoms with Crippen molar-refractivity contribution < 1.29 is 34.8 Å². The number of halogens is 1. The maximum atomic E-state index is 13.1. The van der Waals surface area contributed by atoms with Crippen LogP contribution in [0.5, 0.6) is 5.75 Å². The van der Waals surface area contributed by atoms with Crippen molar-refractivity contribution in [1.82, 2.24) is 0 Å². The number of rotatable bonds is 1. The van der Waals surface area contributed by atoms with E-state index in [0.717, 1.165) is 0 Å². The van der Waals surface area contributed by atoms with Crippen LogP contribution in [-0.4, -0.2) is 49.5 Å². The van der Waals surface area contributed by atoms with Crippen molar-refractivity contribution >= 4 is 29.1 Å². The number of allylic oxidation sites excluding steroid dienone is 1. The molecule has 0 aromatic heterocycles. The summed E-state index contributed by atoms with van der Waals surface area (Å²) in [5.74, 6) is -7.41. The van der Waals surface area contributed by atoms with Gasteiger partial charge in [-0.15, -0.1) is 0 Å². The lowest BCUT2D eigenvalue weighted by molar-refractivity contribution is -0.145. The largest absolute Gasteiger partial charge is 0.510 e. The molecule has 0 aliphatic heterocycles. The predicted molar refractivity (Wildman–Crippen MR) is 99.2 cm³/mol. The number of aliphatic hydroxyl groups is 3. The molecule has 0 heterocycles. The Morgan fingerprint density at radius 3 is 2.48 bits per heavy atom. The number of aromatic hydroxyl groups is 1. The van der Waals surface area contributed by atoms with E-state index in [1.807, 2.05) is 0 Å². The van der Waals surface area contributed by atoms with E-state index < -0.39 is 58.0 Å². The molecule has 3 aliphatic carbocycles. The third-order valence-corrected chi connectivity index (χ3v) is 6.43. The van der Waals surface area contributed by atoms with Crippen LogP contribution >= 0.6 is 11.6 Å². The molecule has 8 N–H and O–H groups in total. The Morgan fingerprint density at radius 2 is 1.86 bits per heavy atom. The van der Waals surface area contributed by atoms with Crippen LogP contribution < -0.4 is 11.5 Å². The molecule has 1 aromatic rings. The monoisotopic (exact) mass is 420 g/mol. The molecule has 152 valence electrons. The SMILES string of the molecule is NC(=O)C1=C(O)[C@@H](N)[C@@H]2C[C@@H]3Cc4c(Cl)ccc(O)c4C(=O)C3=C(O)[C@]2(O)C1=O. The quantitative estimate of drug-likeness (QED) is 0.347. The van der Waals surface area contributed by atoms with Gasteiger partial charge in [0.15, 0.2) is 11.4 Å². The number of fused-ring (bicyclic) bond motifs is 3. The number of benzene rings is 1. The first kappa shape index (κ1) is 19.4. The molecule has 1 amide bonds. The van der Waals surface area contributed by atoms with Crippen LogP contribution in [0.1, 0.15) is 22.3 Å². The number of carbonyl (C=O) groups is 3. The maximum absolute atomic E-state index is 13.1. The number of nitrogens with two attached hydrogens (primary N) is 2. The third kappa shape index (κ3) is 2.32. The molecule has 29 heavy (non-hydrogen) atoms. The molecule has 0 saturated heterocycles. The minimum Gasteiger partial charge on any atom is -0.510 e. The summed E-state index contributed by atoms with van der Waals surface area (Å²) in [6.07, 6.45) is 0.0738. The first-order valence-corrected chi connectivity index (χ1v) is 9.13. The maximum Gasteiger partial charge on any atom is 0.255 e. The second kappa shape index (κ2) is 6.06. The lowest BCUT2D eigenvalue weighted by atomic mass is 9.59. The Balaban J connectivity index is 1.96. The van der Waals surface area contributed by atoms with Crippen LogP contribution in [0.15, 0.2) is 34.8 Å². The topological polar surface area (TPSA) is 184 Å². The molecule has 4 rings (SSSR count). The van der Waals surface area contributed by atoms with Gasteiger partial charge in [0.05, 0.1) is 11.6 Å². The molecule has 0 fully saturated rings. The normalized spacial score (nSPS) is 31.3. The predicted octanol–water partition coefficient (Wildman–Crippen LogP) is 0.171. The van der Waals surface area contributed by atoms with Gasteiger partial charge in [0.1, 0.15) is 22.8 Å². The zero-order chi connectivity index (χ0) is 21.4. The van der Waals surface area contributed by atoms with Gasteiger partial charge in [-0.25, -0.2) is 0 Å². The van der Waals surface area contributed by atoms with Crippen LogP contribution in [0.4, 0.5) is 0 Å². The Morgan fingerprint density at radius 1 is 1.21 bits per heavy atom. The summed E-state index contributed by atoms with van der Waals surface area (Å²) in [5, 5.41) is 42.6. The minimum atomic E-state index is -2.71. The minimum absolute atomic E-state index is 0.0595. The Labute approximate surface area is 168 Å². The van der Waals surface area contributed by atoms with Crippen LogP contribution in [0, 0.1) is 11.8 Å². The summed E-state index contributed by atoms with van der Waals surface area (Å²) >= 11 is 6.17. The Bertz CT molecular complexity index is 1080. The fraction of sp³-hybridized carbons (Fsp3) is 0.316. The summed E-state index contributed by atoms with van der Waals surface area (Å²) in [5.41, 5.74) is 7.46. The van der Waals surface area contributed by atoms with Crippen LogP contribution in [0.25, 0.3) is 0 Å². The number of aliphatic hydroxyl groups excluding tert-OH is 2. The highest BCUT2D eigenvalue weighted by atomic mass is 35.5. The molecule has 10 heteroatoms. The zero-order valence-corrected chi connectivity index (χ0v) is 15.6. The highest BCUT2D eigenvalue weighted by molar-refractivity contribution is 6.32. The number of phenols is 1. The van der Waals surface area contributed by atoms with E-state index in [4.69, 9.17) is 23.1 Å². The standard InChI is InChI=1S/C19H17ClN2O7/c20-8-1-2-9(23)11-6(8)3-5-4-7-13(21)15(25)12(18(22)28)17(27)19(7,29)16(26)10(5)14(11)24/h1-2,5,7,13,23,25-26,29H,3-4,21H2,(H2,22,28)/t5-,7-,13-,19-/m0/s1. The molecule has 0 saturated carbocycles. The average molecular weight is 421 g/mol. The molecule has 0 unspecified atom stereocenters. The van der Waals surface area contributed by atoms with Crippen LogP contribution in [0.2, 0.25) is 5.02 Å². The number of Topliss-reactive ketones (excluding diaryl/α,β-unsaturated/α-hetero) is 2. The number of hydrogen-bond acceptors (Lipinski definition) is 8.